The van der Waals surface area contributed by atoms with E-state index in [4.69, 9.17) is 9.47 Å². The molecule has 158 valence electrons. The molecule has 1 saturated carbocycles. The molecule has 2 heterocycles. The first-order chi connectivity index (χ1) is 14.6. The van der Waals surface area contributed by atoms with E-state index in [0.717, 1.165) is 38.0 Å². The van der Waals surface area contributed by atoms with Crippen LogP contribution in [-0.4, -0.2) is 47.4 Å². The normalized spacial score (nSPS) is 26.6. The first-order valence-corrected chi connectivity index (χ1v) is 11.2. The van der Waals surface area contributed by atoms with Crippen molar-refractivity contribution in [1.82, 2.24) is 9.88 Å². The molecule has 30 heavy (non-hydrogen) atoms. The van der Waals surface area contributed by atoms with Crippen molar-refractivity contribution in [3.63, 3.8) is 0 Å². The van der Waals surface area contributed by atoms with Gasteiger partial charge in [0.05, 0.1) is 28.9 Å². The molecule has 1 N–H and O–H groups in total. The van der Waals surface area contributed by atoms with Gasteiger partial charge in [0.25, 0.3) is 0 Å². The zero-order valence-corrected chi connectivity index (χ0v) is 17.6. The molecule has 0 spiro atoms. The average molecular weight is 429 g/mol. The molecule has 0 unspecified atom stereocenters. The molecule has 2 aromatic carbocycles. The number of aliphatic hydroxyl groups is 1. The summed E-state index contributed by atoms with van der Waals surface area (Å²) in [5, 5.41) is 10.7. The molecular weight excluding hydrogens is 403 g/mol. The van der Waals surface area contributed by atoms with Crippen molar-refractivity contribution in [3.8, 4) is 11.5 Å². The molecule has 4 atom stereocenters. The second-order valence-corrected chi connectivity index (χ2v) is 9.18. The Morgan fingerprint density at radius 3 is 2.83 bits per heavy atom. The van der Waals surface area contributed by atoms with Crippen LogP contribution in [0.5, 0.6) is 11.5 Å². The molecule has 2 aliphatic rings. The van der Waals surface area contributed by atoms with Gasteiger partial charge in [-0.3, -0.25) is 4.90 Å². The van der Waals surface area contributed by atoms with Gasteiger partial charge in [-0.25, -0.2) is 9.37 Å². The third-order valence-electron chi connectivity index (χ3n) is 6.40. The maximum Gasteiger partial charge on any atom is 0.163 e. The largest absolute Gasteiger partial charge is 0.493 e. The molecule has 3 aromatic rings. The minimum atomic E-state index is -0.536. The number of ether oxygens (including phenoxy) is 2. The minimum absolute atomic E-state index is 0.310. The number of thiazole rings is 1. The van der Waals surface area contributed by atoms with Gasteiger partial charge in [0.15, 0.2) is 11.5 Å². The summed E-state index contributed by atoms with van der Waals surface area (Å²) in [5.41, 5.74) is 4.28. The standard InChI is InChI=1S/C23H25FN2O3S/c1-28-22-9-17(24)5-6-20(22)29-21-8-16-12-26(11-15(16)7-19(21)27)10-14-3-2-4-18-23(14)30-13-25-18/h2-6,9,13,15-16,19,21,27H,7-8,10-12H2,1H3/t15-,16+,19+,21+/m0/s1. The summed E-state index contributed by atoms with van der Waals surface area (Å²) in [5.74, 6) is 1.41. The number of aliphatic hydroxyl groups excluding tert-OH is 1. The molecule has 5 rings (SSSR count). The fourth-order valence-corrected chi connectivity index (χ4v) is 5.75. The van der Waals surface area contributed by atoms with Gasteiger partial charge in [0, 0.05) is 25.7 Å². The predicted molar refractivity (Wildman–Crippen MR) is 114 cm³/mol. The maximum absolute atomic E-state index is 13.5. The molecule has 2 fully saturated rings. The Labute approximate surface area is 179 Å². The summed E-state index contributed by atoms with van der Waals surface area (Å²) in [6.45, 7) is 2.89. The third kappa shape index (κ3) is 3.77. The highest BCUT2D eigenvalue weighted by Crippen LogP contribution is 2.40. The Morgan fingerprint density at radius 2 is 2.00 bits per heavy atom. The van der Waals surface area contributed by atoms with E-state index in [1.807, 2.05) is 5.51 Å². The second kappa shape index (κ2) is 8.13. The van der Waals surface area contributed by atoms with Crippen molar-refractivity contribution < 1.29 is 19.0 Å². The number of aromatic nitrogens is 1. The number of halogens is 1. The van der Waals surface area contributed by atoms with Crippen LogP contribution in [-0.2, 0) is 6.54 Å². The quantitative estimate of drug-likeness (QED) is 0.663. The topological polar surface area (TPSA) is 54.8 Å². The number of methoxy groups -OCH3 is 1. The smallest absolute Gasteiger partial charge is 0.163 e. The third-order valence-corrected chi connectivity index (χ3v) is 7.31. The summed E-state index contributed by atoms with van der Waals surface area (Å²) in [7, 11) is 1.49. The summed E-state index contributed by atoms with van der Waals surface area (Å²) in [4.78, 5) is 6.91. The van der Waals surface area contributed by atoms with E-state index in [9.17, 15) is 9.50 Å². The Balaban J connectivity index is 1.27. The van der Waals surface area contributed by atoms with Crippen molar-refractivity contribution in [3.05, 3.63) is 53.3 Å². The van der Waals surface area contributed by atoms with E-state index in [2.05, 4.69) is 28.1 Å². The predicted octanol–water partition coefficient (Wildman–Crippen LogP) is 4.09. The van der Waals surface area contributed by atoms with Crippen LogP contribution in [0.3, 0.4) is 0 Å². The average Bonchev–Trinajstić information content (AvgIpc) is 3.36. The van der Waals surface area contributed by atoms with E-state index in [1.165, 1.54) is 29.5 Å². The fraction of sp³-hybridized carbons (Fsp3) is 0.435. The molecule has 0 bridgehead atoms. The number of hydrogen-bond donors (Lipinski definition) is 1. The van der Waals surface area contributed by atoms with E-state index < -0.39 is 6.10 Å². The minimum Gasteiger partial charge on any atom is -0.493 e. The molecule has 0 radical (unpaired) electrons. The highest BCUT2D eigenvalue weighted by molar-refractivity contribution is 7.16. The molecular formula is C23H25FN2O3S. The summed E-state index contributed by atoms with van der Waals surface area (Å²) in [6, 6.07) is 10.6. The van der Waals surface area contributed by atoms with Crippen molar-refractivity contribution in [1.29, 1.82) is 0 Å². The number of nitrogens with zero attached hydrogens (tertiary/aromatic N) is 2. The Bertz CT molecular complexity index is 1040. The number of rotatable bonds is 5. The number of benzene rings is 2. The Kier molecular flexibility index (Phi) is 5.35. The van der Waals surface area contributed by atoms with Crippen LogP contribution in [0.1, 0.15) is 18.4 Å². The second-order valence-electron chi connectivity index (χ2n) is 8.32. The van der Waals surface area contributed by atoms with Crippen molar-refractivity contribution in [2.24, 2.45) is 11.8 Å². The molecule has 0 amide bonds. The molecule has 7 heteroatoms. The molecule has 1 saturated heterocycles. The number of likely N-dealkylation sites (tertiary alicyclic amines) is 1. The lowest BCUT2D eigenvalue weighted by molar-refractivity contribution is -0.0240. The van der Waals surface area contributed by atoms with Crippen molar-refractivity contribution in [2.75, 3.05) is 20.2 Å². The first-order valence-electron chi connectivity index (χ1n) is 10.3. The highest BCUT2D eigenvalue weighted by atomic mass is 32.1. The van der Waals surface area contributed by atoms with Crippen LogP contribution in [0.25, 0.3) is 10.2 Å². The zero-order valence-electron chi connectivity index (χ0n) is 16.8. The highest BCUT2D eigenvalue weighted by Gasteiger charge is 2.42. The lowest BCUT2D eigenvalue weighted by Crippen LogP contribution is -2.42. The summed E-state index contributed by atoms with van der Waals surface area (Å²) in [6.07, 6.45) is 0.662. The van der Waals surface area contributed by atoms with Crippen LogP contribution >= 0.6 is 11.3 Å². The van der Waals surface area contributed by atoms with Crippen molar-refractivity contribution in [2.45, 2.75) is 31.6 Å². The SMILES string of the molecule is COc1cc(F)ccc1O[C@@H]1C[C@@H]2CN(Cc3cccc4ncsc34)C[C@@H]2C[C@H]1O. The fourth-order valence-electron chi connectivity index (χ4n) is 4.96. The van der Waals surface area contributed by atoms with Crippen LogP contribution in [0.15, 0.2) is 41.9 Å². The van der Waals surface area contributed by atoms with Gasteiger partial charge in [-0.2, -0.15) is 0 Å². The van der Waals surface area contributed by atoms with E-state index in [0.29, 0.717) is 23.3 Å². The maximum atomic E-state index is 13.5. The molecule has 1 aliphatic carbocycles. The van der Waals surface area contributed by atoms with E-state index in [1.54, 1.807) is 17.4 Å². The lowest BCUT2D eigenvalue weighted by atomic mass is 9.78. The van der Waals surface area contributed by atoms with Gasteiger partial charge in [0.1, 0.15) is 11.9 Å². The Morgan fingerprint density at radius 1 is 1.17 bits per heavy atom. The number of hydrogen-bond acceptors (Lipinski definition) is 6. The van der Waals surface area contributed by atoms with Gasteiger partial charge in [0.2, 0.25) is 0 Å². The summed E-state index contributed by atoms with van der Waals surface area (Å²) >= 11 is 1.69. The first kappa shape index (κ1) is 19.7. The van der Waals surface area contributed by atoms with Gasteiger partial charge in [-0.15, -0.1) is 11.3 Å². The molecule has 1 aromatic heterocycles. The van der Waals surface area contributed by atoms with Crippen LogP contribution < -0.4 is 9.47 Å². The zero-order chi connectivity index (χ0) is 20.7. The summed E-state index contributed by atoms with van der Waals surface area (Å²) < 4.78 is 26.1. The van der Waals surface area contributed by atoms with Gasteiger partial charge in [-0.05, 0) is 48.4 Å². The lowest BCUT2D eigenvalue weighted by Gasteiger charge is -2.35. The van der Waals surface area contributed by atoms with Crippen LogP contribution in [0, 0.1) is 17.7 Å². The molecule has 5 nitrogen and oxygen atoms in total. The van der Waals surface area contributed by atoms with Gasteiger partial charge >= 0.3 is 0 Å². The van der Waals surface area contributed by atoms with Crippen molar-refractivity contribution >= 4 is 21.6 Å². The van der Waals surface area contributed by atoms with E-state index in [-0.39, 0.29) is 11.9 Å². The Hall–Kier alpha value is -2.22. The van der Waals surface area contributed by atoms with Gasteiger partial charge < -0.3 is 14.6 Å². The van der Waals surface area contributed by atoms with Crippen LogP contribution in [0.4, 0.5) is 4.39 Å². The number of fused-ring (bicyclic) bond motifs is 2. The van der Waals surface area contributed by atoms with Gasteiger partial charge in [-0.1, -0.05) is 12.1 Å². The molecule has 1 aliphatic heterocycles. The monoisotopic (exact) mass is 428 g/mol. The van der Waals surface area contributed by atoms with E-state index >= 15 is 0 Å². The van der Waals surface area contributed by atoms with Crippen LogP contribution in [0.2, 0.25) is 0 Å².